The van der Waals surface area contributed by atoms with E-state index >= 15 is 0 Å². The predicted octanol–water partition coefficient (Wildman–Crippen LogP) is 15.7. The molecule has 1 unspecified atom stereocenters. The van der Waals surface area contributed by atoms with Crippen molar-refractivity contribution in [3.05, 3.63) is 0 Å². The average molecular weight is 621 g/mol. The van der Waals surface area contributed by atoms with Gasteiger partial charge in [-0.1, -0.05) is 229 Å². The molecule has 4 heteroatoms. The summed E-state index contributed by atoms with van der Waals surface area (Å²) < 4.78 is 5.88. The molecule has 0 aliphatic rings. The zero-order valence-electron chi connectivity index (χ0n) is 27.7. The molecule has 242 valence electrons. The normalized spacial score (nSPS) is 12.4. The van der Waals surface area contributed by atoms with Gasteiger partial charge in [0, 0.05) is 5.75 Å². The van der Waals surface area contributed by atoms with Crippen LogP contribution < -0.4 is 0 Å². The van der Waals surface area contributed by atoms with Crippen LogP contribution in [0.4, 0.5) is 0 Å². The minimum Gasteiger partial charge on any atom is -0.335 e. The lowest BCUT2D eigenvalue weighted by molar-refractivity contribution is 0.348. The Bertz CT molecular complexity index is 401. The molecule has 0 saturated heterocycles. The lowest BCUT2D eigenvalue weighted by Crippen LogP contribution is -1.88. The number of halogens is 1. The van der Waals surface area contributed by atoms with Gasteiger partial charge >= 0.3 is 0 Å². The van der Waals surface area contributed by atoms with E-state index in [4.69, 9.17) is 15.8 Å². The molecule has 0 aromatic heterocycles. The molecular formula is C36H74ClOPS. The van der Waals surface area contributed by atoms with Gasteiger partial charge in [0.2, 0.25) is 0 Å². The largest absolute Gasteiger partial charge is 0.335 e. The molecule has 0 N–H and O–H groups in total. The molecule has 0 saturated carbocycles. The monoisotopic (exact) mass is 620 g/mol. The number of hydrogen-bond acceptors (Lipinski definition) is 2. The van der Waals surface area contributed by atoms with Crippen molar-refractivity contribution in [3.8, 4) is 0 Å². The van der Waals surface area contributed by atoms with Crippen molar-refractivity contribution < 1.29 is 4.52 Å². The van der Waals surface area contributed by atoms with Gasteiger partial charge in [0.15, 0.2) is 6.70 Å². The molecule has 0 spiro atoms. The van der Waals surface area contributed by atoms with Gasteiger partial charge in [-0.3, -0.25) is 0 Å². The van der Waals surface area contributed by atoms with E-state index in [1.807, 2.05) is 11.4 Å². The van der Waals surface area contributed by atoms with Crippen LogP contribution in [0, 0.1) is 0 Å². The van der Waals surface area contributed by atoms with Crippen LogP contribution in [-0.2, 0) is 4.52 Å². The van der Waals surface area contributed by atoms with E-state index in [1.165, 1.54) is 211 Å². The van der Waals surface area contributed by atoms with Gasteiger partial charge in [0.25, 0.3) is 0 Å². The summed E-state index contributed by atoms with van der Waals surface area (Å²) in [5.74, 6) is 1.17. The fraction of sp³-hybridized carbons (Fsp3) is 1.00. The molecule has 0 aromatic rings. The second kappa shape index (κ2) is 38.1. The maximum absolute atomic E-state index is 6.43. The van der Waals surface area contributed by atoms with Crippen molar-refractivity contribution in [2.75, 3.05) is 12.4 Å². The van der Waals surface area contributed by atoms with E-state index in [9.17, 15) is 0 Å². The maximum Gasteiger partial charge on any atom is 0.188 e. The van der Waals surface area contributed by atoms with Crippen LogP contribution in [0.5, 0.6) is 0 Å². The quantitative estimate of drug-likeness (QED) is 0.0509. The van der Waals surface area contributed by atoms with E-state index in [1.54, 1.807) is 0 Å². The smallest absolute Gasteiger partial charge is 0.188 e. The Balaban J connectivity index is 3.13. The van der Waals surface area contributed by atoms with E-state index in [2.05, 4.69) is 13.8 Å². The lowest BCUT2D eigenvalue weighted by Gasteiger charge is -2.09. The molecule has 0 fully saturated rings. The van der Waals surface area contributed by atoms with Gasteiger partial charge in [-0.15, -0.1) is 0 Å². The summed E-state index contributed by atoms with van der Waals surface area (Å²) in [7, 11) is 0. The zero-order chi connectivity index (χ0) is 29.0. The van der Waals surface area contributed by atoms with Crippen molar-refractivity contribution >= 4 is 29.3 Å². The van der Waals surface area contributed by atoms with Crippen molar-refractivity contribution in [2.24, 2.45) is 0 Å². The maximum atomic E-state index is 6.43. The molecule has 0 amide bonds. The molecule has 1 atom stereocenters. The van der Waals surface area contributed by atoms with E-state index in [0.29, 0.717) is 0 Å². The van der Waals surface area contributed by atoms with Gasteiger partial charge in [0.05, 0.1) is 6.61 Å². The second-order valence-electron chi connectivity index (χ2n) is 12.5. The van der Waals surface area contributed by atoms with E-state index < -0.39 is 6.70 Å². The highest BCUT2D eigenvalue weighted by molar-refractivity contribution is 8.61. The Morgan fingerprint density at radius 2 is 0.625 bits per heavy atom. The lowest BCUT2D eigenvalue weighted by atomic mass is 10.0. The first kappa shape index (κ1) is 41.0. The second-order valence-corrected chi connectivity index (χ2v) is 17.1. The van der Waals surface area contributed by atoms with Crippen LogP contribution in [0.25, 0.3) is 0 Å². The third-order valence-electron chi connectivity index (χ3n) is 8.38. The Kier molecular flexibility index (Phi) is 39.0. The fourth-order valence-electron chi connectivity index (χ4n) is 5.61. The Labute approximate surface area is 264 Å². The highest BCUT2D eigenvalue weighted by Gasteiger charge is 2.05. The number of unbranched alkanes of at least 4 members (excludes halogenated alkanes) is 30. The van der Waals surface area contributed by atoms with Crippen molar-refractivity contribution in [3.63, 3.8) is 0 Å². The van der Waals surface area contributed by atoms with E-state index in [-0.39, 0.29) is 0 Å². The molecule has 0 aliphatic carbocycles. The summed E-state index contributed by atoms with van der Waals surface area (Å²) in [6.07, 6.45) is 45.5. The van der Waals surface area contributed by atoms with Crippen LogP contribution in [0.3, 0.4) is 0 Å². The molecule has 0 aromatic carbocycles. The SMILES string of the molecule is CCCCCCCCCCCCCCCCCCOP(Cl)SCCCCCCCCCCCCCCCCCC. The van der Waals surface area contributed by atoms with Crippen LogP contribution in [0.1, 0.15) is 219 Å². The first-order valence-electron chi connectivity index (χ1n) is 18.5. The van der Waals surface area contributed by atoms with Crippen molar-refractivity contribution in [2.45, 2.75) is 219 Å². The minimum atomic E-state index is -0.779. The van der Waals surface area contributed by atoms with Gasteiger partial charge in [-0.05, 0) is 12.8 Å². The molecule has 0 rings (SSSR count). The van der Waals surface area contributed by atoms with Crippen molar-refractivity contribution in [1.82, 2.24) is 0 Å². The summed E-state index contributed by atoms with van der Waals surface area (Å²) in [5, 5.41) is 0. The topological polar surface area (TPSA) is 9.23 Å². The summed E-state index contributed by atoms with van der Waals surface area (Å²) in [6.45, 7) is 4.68. The fourth-order valence-corrected chi connectivity index (χ4v) is 8.53. The summed E-state index contributed by atoms with van der Waals surface area (Å²) in [6, 6.07) is 0. The first-order chi connectivity index (χ1) is 19.8. The average Bonchev–Trinajstić information content (AvgIpc) is 2.96. The third kappa shape index (κ3) is 37.1. The van der Waals surface area contributed by atoms with Crippen LogP contribution in [0.15, 0.2) is 0 Å². The Hall–Kier alpha value is 1.03. The summed E-state index contributed by atoms with van der Waals surface area (Å²) in [4.78, 5) is 0. The Morgan fingerprint density at radius 3 is 0.925 bits per heavy atom. The van der Waals surface area contributed by atoms with Crippen LogP contribution >= 0.6 is 29.3 Å². The minimum absolute atomic E-state index is 0.779. The standard InChI is InChI=1S/C36H74ClOPS/c1-3-5-7-9-11-13-15-17-19-21-23-25-27-29-31-33-35-38-39(37)40-36-34-32-30-28-26-24-22-20-18-16-14-12-10-8-6-4-2/h3-36H2,1-2H3. The molecule has 0 heterocycles. The van der Waals surface area contributed by atoms with Gasteiger partial charge < -0.3 is 4.52 Å². The molecule has 40 heavy (non-hydrogen) atoms. The highest BCUT2D eigenvalue weighted by Crippen LogP contribution is 2.55. The number of hydrogen-bond donors (Lipinski definition) is 0. The van der Waals surface area contributed by atoms with Crippen LogP contribution in [-0.4, -0.2) is 12.4 Å². The molecule has 0 aliphatic heterocycles. The van der Waals surface area contributed by atoms with Gasteiger partial charge in [-0.25, -0.2) is 0 Å². The van der Waals surface area contributed by atoms with Crippen LogP contribution in [0.2, 0.25) is 0 Å². The molecular weight excluding hydrogens is 547 g/mol. The van der Waals surface area contributed by atoms with Crippen molar-refractivity contribution in [1.29, 1.82) is 0 Å². The van der Waals surface area contributed by atoms with Gasteiger partial charge in [0.1, 0.15) is 0 Å². The molecule has 0 radical (unpaired) electrons. The van der Waals surface area contributed by atoms with E-state index in [0.717, 1.165) is 6.61 Å². The third-order valence-corrected chi connectivity index (χ3v) is 12.1. The highest BCUT2D eigenvalue weighted by atomic mass is 35.7. The van der Waals surface area contributed by atoms with Gasteiger partial charge in [-0.2, -0.15) is 0 Å². The number of rotatable bonds is 36. The first-order valence-corrected chi connectivity index (χ1v) is 22.3. The Morgan fingerprint density at radius 1 is 0.375 bits per heavy atom. The predicted molar refractivity (Wildman–Crippen MR) is 190 cm³/mol. The molecule has 1 nitrogen and oxygen atoms in total. The molecule has 0 bridgehead atoms. The zero-order valence-corrected chi connectivity index (χ0v) is 30.2. The summed E-state index contributed by atoms with van der Waals surface area (Å²) >= 11 is 8.29. The summed E-state index contributed by atoms with van der Waals surface area (Å²) in [5.41, 5.74) is 0.